The summed E-state index contributed by atoms with van der Waals surface area (Å²) in [7, 11) is -4.76. The van der Waals surface area contributed by atoms with E-state index in [0.717, 1.165) is 0 Å². The normalized spacial score (nSPS) is 13.9. The quantitative estimate of drug-likeness (QED) is 0.189. The van der Waals surface area contributed by atoms with Crippen LogP contribution < -0.4 is 34.7 Å². The number of benzene rings is 2. The third-order valence-electron chi connectivity index (χ3n) is 4.31. The molecule has 5 nitrogen and oxygen atoms in total. The van der Waals surface area contributed by atoms with Crippen molar-refractivity contribution in [3.63, 3.8) is 0 Å². The topological polar surface area (TPSA) is 94.5 Å². The van der Waals surface area contributed by atoms with Crippen molar-refractivity contribution in [2.75, 3.05) is 0 Å². The second-order valence-corrected chi connectivity index (χ2v) is 14.3. The van der Waals surface area contributed by atoms with Crippen LogP contribution >= 0.6 is 127 Å². The van der Waals surface area contributed by atoms with Gasteiger partial charge in [0, 0.05) is 27.9 Å². The van der Waals surface area contributed by atoms with Crippen molar-refractivity contribution in [3.05, 3.63) is 76.8 Å². The number of allylic oxidation sites excluding steroid dienone is 5. The number of carbonyl (C=O) groups is 1. The fourth-order valence-electron chi connectivity index (χ4n) is 2.94. The minimum absolute atomic E-state index is 0. The molecule has 34 heavy (non-hydrogen) atoms. The van der Waals surface area contributed by atoms with Gasteiger partial charge in [-0.05, 0) is 137 Å². The summed E-state index contributed by atoms with van der Waals surface area (Å²) in [6, 6.07) is 3.05. The van der Waals surface area contributed by atoms with Crippen molar-refractivity contribution in [2.24, 2.45) is 0 Å². The van der Waals surface area contributed by atoms with E-state index in [1.54, 1.807) is 0 Å². The first-order valence-electron chi connectivity index (χ1n) is 8.20. The number of ketones is 1. The van der Waals surface area contributed by atoms with E-state index in [0.29, 0.717) is 30.1 Å². The fraction of sp³-hybridized carbons (Fsp3) is 0. The molecule has 0 amide bonds. The number of hydrogen-bond donors (Lipinski definition) is 1. The zero-order chi connectivity index (χ0) is 25.0. The van der Waals surface area contributed by atoms with Gasteiger partial charge in [-0.25, -0.2) is 0 Å². The molecule has 0 aliphatic heterocycles. The van der Waals surface area contributed by atoms with E-state index in [-0.39, 0.29) is 69.0 Å². The minimum Gasteiger partial charge on any atom is -0.871 e. The molecule has 0 radical (unpaired) electrons. The molecule has 0 unspecified atom stereocenters. The minimum atomic E-state index is -4.76. The molecule has 174 valence electrons. The standard InChI is InChI=1S/C19H6Br8O5S.Na/c20-7-1-5(2-8(21)17(7)28)11(6-3-9(22)18(29)10(23)4-6)12-13(24)14(25)15(26)16(27)19(12)33(30,31)32;/h1-4,28H,(H,30,31,32);/q;+1/p-1. The predicted octanol–water partition coefficient (Wildman–Crippen LogP) is 5.53. The van der Waals surface area contributed by atoms with Crippen LogP contribution in [0.15, 0.2) is 70.6 Å². The van der Waals surface area contributed by atoms with Crippen LogP contribution in [0.2, 0.25) is 0 Å². The molecule has 15 heteroatoms. The molecular weight excluding hydrogens is 1000 g/mol. The van der Waals surface area contributed by atoms with E-state index < -0.39 is 15.0 Å². The zero-order valence-electron chi connectivity index (χ0n) is 16.3. The Hall–Kier alpha value is 1.88. The second kappa shape index (κ2) is 12.4. The zero-order valence-corrected chi connectivity index (χ0v) is 31.8. The Morgan fingerprint density at radius 2 is 1.24 bits per heavy atom. The van der Waals surface area contributed by atoms with E-state index in [1.807, 2.05) is 0 Å². The molecule has 0 atom stereocenters. The van der Waals surface area contributed by atoms with E-state index in [9.17, 15) is 22.9 Å². The van der Waals surface area contributed by atoms with Gasteiger partial charge in [0.15, 0.2) is 0 Å². The molecule has 0 saturated carbocycles. The van der Waals surface area contributed by atoms with Crippen molar-refractivity contribution in [2.45, 2.75) is 4.90 Å². The molecule has 0 bridgehead atoms. The van der Waals surface area contributed by atoms with Crippen molar-refractivity contribution < 1.29 is 52.4 Å². The number of carbonyl (C=O) groups excluding carboxylic acids is 1. The summed E-state index contributed by atoms with van der Waals surface area (Å²) < 4.78 is 37.4. The molecule has 1 aliphatic rings. The first-order chi connectivity index (χ1) is 15.2. The molecule has 0 aromatic heterocycles. The van der Waals surface area contributed by atoms with Crippen LogP contribution in [0, 0.1) is 0 Å². The predicted molar refractivity (Wildman–Crippen MR) is 153 cm³/mol. The average molecular weight is 1010 g/mol. The SMILES string of the molecule is O=C1C(Br)=CC(=C(c2cc(Br)c([O-])c(Br)c2)c2c(Br)c(Br)c(Br)c(Br)c2S(=O)(=O)O)C=C1Br.[Na+]. The van der Waals surface area contributed by atoms with Gasteiger partial charge in [-0.15, -0.1) is 0 Å². The smallest absolute Gasteiger partial charge is 0.871 e. The van der Waals surface area contributed by atoms with Gasteiger partial charge in [0.2, 0.25) is 5.78 Å². The Balaban J connectivity index is 0.00000408. The molecule has 0 spiro atoms. The first-order valence-corrected chi connectivity index (χ1v) is 16.0. The third kappa shape index (κ3) is 6.36. The van der Waals surface area contributed by atoms with Gasteiger partial charge in [0.25, 0.3) is 10.1 Å². The number of hydrogen-bond acceptors (Lipinski definition) is 4. The molecule has 2 aromatic rings. The van der Waals surface area contributed by atoms with Crippen LogP contribution in [-0.4, -0.2) is 18.8 Å². The van der Waals surface area contributed by atoms with Crippen LogP contribution in [-0.2, 0) is 14.9 Å². The van der Waals surface area contributed by atoms with E-state index >= 15 is 0 Å². The van der Waals surface area contributed by atoms with Gasteiger partial charge in [0.1, 0.15) is 4.90 Å². The van der Waals surface area contributed by atoms with Gasteiger partial charge in [-0.3, -0.25) is 9.35 Å². The van der Waals surface area contributed by atoms with Crippen LogP contribution in [0.25, 0.3) is 5.57 Å². The maximum atomic E-state index is 12.6. The Kier molecular flexibility index (Phi) is 11.7. The molecule has 3 rings (SSSR count). The van der Waals surface area contributed by atoms with E-state index in [4.69, 9.17) is 0 Å². The third-order valence-corrected chi connectivity index (χ3v) is 12.6. The summed E-state index contributed by atoms with van der Waals surface area (Å²) in [5, 5.41) is 12.3. The van der Waals surface area contributed by atoms with E-state index in [2.05, 4.69) is 127 Å². The molecule has 2 aromatic carbocycles. The summed E-state index contributed by atoms with van der Waals surface area (Å²) in [6.07, 6.45) is 3.05. The molecular formula is C19H5Br8NaO5S. The maximum absolute atomic E-state index is 12.6. The summed E-state index contributed by atoms with van der Waals surface area (Å²) >= 11 is 26.4. The van der Waals surface area contributed by atoms with Crippen LogP contribution in [0.5, 0.6) is 5.75 Å². The Morgan fingerprint density at radius 3 is 1.68 bits per heavy atom. The Bertz CT molecular complexity index is 1400. The van der Waals surface area contributed by atoms with Crippen molar-refractivity contribution in [1.82, 2.24) is 0 Å². The van der Waals surface area contributed by atoms with Crippen LogP contribution in [0.3, 0.4) is 0 Å². The molecule has 0 heterocycles. The molecule has 1 N–H and O–H groups in total. The van der Waals surface area contributed by atoms with Crippen LogP contribution in [0.1, 0.15) is 11.1 Å². The summed E-state index contributed by atoms with van der Waals surface area (Å²) in [4.78, 5) is 11.9. The maximum Gasteiger partial charge on any atom is 1.00 e. The number of rotatable bonds is 3. The van der Waals surface area contributed by atoms with Gasteiger partial charge >= 0.3 is 29.6 Å². The van der Waals surface area contributed by atoms with Crippen molar-refractivity contribution in [1.29, 1.82) is 0 Å². The number of halogens is 8. The molecule has 1 aliphatic carbocycles. The van der Waals surface area contributed by atoms with Crippen LogP contribution in [0.4, 0.5) is 0 Å². The number of Topliss-reactive ketones (excluding diaryl/α,β-unsaturated/α-hetero) is 1. The van der Waals surface area contributed by atoms with Crippen molar-refractivity contribution in [3.8, 4) is 5.75 Å². The van der Waals surface area contributed by atoms with Gasteiger partial charge in [0.05, 0.1) is 13.4 Å². The average Bonchev–Trinajstić information content (AvgIpc) is 2.71. The van der Waals surface area contributed by atoms with E-state index in [1.165, 1.54) is 24.3 Å². The first kappa shape index (κ1) is 32.1. The van der Waals surface area contributed by atoms with Crippen molar-refractivity contribution >= 4 is 149 Å². The Morgan fingerprint density at radius 1 is 0.794 bits per heavy atom. The summed E-state index contributed by atoms with van der Waals surface area (Å²) in [5.41, 5.74) is 1.26. The largest absolute Gasteiger partial charge is 1.00 e. The Labute approximate surface area is 284 Å². The molecule has 0 saturated heterocycles. The van der Waals surface area contributed by atoms with Gasteiger partial charge < -0.3 is 5.11 Å². The second-order valence-electron chi connectivity index (χ2n) is 6.35. The fourth-order valence-corrected chi connectivity index (χ4v) is 9.30. The summed E-state index contributed by atoms with van der Waals surface area (Å²) in [5.74, 6) is -0.606. The molecule has 0 fully saturated rings. The van der Waals surface area contributed by atoms with Gasteiger partial charge in [-0.1, -0.05) is 37.6 Å². The summed E-state index contributed by atoms with van der Waals surface area (Å²) in [6.45, 7) is 0. The van der Waals surface area contributed by atoms with Gasteiger partial charge in [-0.2, -0.15) is 8.42 Å². The monoisotopic (exact) mass is 999 g/mol.